The van der Waals surface area contributed by atoms with Gasteiger partial charge in [0.05, 0.1) is 5.92 Å². The molecule has 0 saturated carbocycles. The molecular weight excluding hydrogens is 231 g/mol. The smallest absolute Gasteiger partial charge is 0.330 e. The van der Waals surface area contributed by atoms with Crippen molar-refractivity contribution in [1.82, 2.24) is 9.80 Å². The Morgan fingerprint density at radius 3 is 2.12 bits per heavy atom. The molecule has 2 N–H and O–H groups in total. The first-order valence-electron chi connectivity index (χ1n) is 5.95. The van der Waals surface area contributed by atoms with Gasteiger partial charge in [-0.3, -0.25) is 0 Å². The Morgan fingerprint density at radius 1 is 1.18 bits per heavy atom. The van der Waals surface area contributed by atoms with Crippen LogP contribution in [0.15, 0.2) is 0 Å². The highest BCUT2D eigenvalue weighted by atomic mass is 19.4. The van der Waals surface area contributed by atoms with Crippen molar-refractivity contribution in [3.05, 3.63) is 0 Å². The van der Waals surface area contributed by atoms with E-state index in [1.54, 1.807) is 0 Å². The summed E-state index contributed by atoms with van der Waals surface area (Å²) in [4.78, 5) is 3.84. The maximum atomic E-state index is 12.6. The van der Waals surface area contributed by atoms with Crippen molar-refractivity contribution in [2.75, 3.05) is 46.8 Å². The highest BCUT2D eigenvalue weighted by molar-refractivity contribution is 4.73. The Balaban J connectivity index is 4.10. The molecule has 0 saturated heterocycles. The summed E-state index contributed by atoms with van der Waals surface area (Å²) >= 11 is 0. The van der Waals surface area contributed by atoms with Crippen LogP contribution >= 0.6 is 0 Å². The third kappa shape index (κ3) is 7.57. The number of hydrogen-bond acceptors (Lipinski definition) is 3. The van der Waals surface area contributed by atoms with E-state index in [0.717, 1.165) is 13.0 Å². The van der Waals surface area contributed by atoms with Crippen LogP contribution < -0.4 is 5.73 Å². The monoisotopic (exact) mass is 255 g/mol. The third-order valence-electron chi connectivity index (χ3n) is 2.75. The second-order valence-electron chi connectivity index (χ2n) is 4.52. The SMILES string of the molecule is CCN(CCCN(C)C)CC(CN)C(F)(F)F. The average molecular weight is 255 g/mol. The summed E-state index contributed by atoms with van der Waals surface area (Å²) in [6.07, 6.45) is -3.32. The molecule has 3 nitrogen and oxygen atoms in total. The Hall–Kier alpha value is -0.330. The minimum Gasteiger partial charge on any atom is -0.330 e. The first-order chi connectivity index (χ1) is 7.81. The molecule has 0 bridgehead atoms. The van der Waals surface area contributed by atoms with Crippen LogP contribution in [0.4, 0.5) is 13.2 Å². The lowest BCUT2D eigenvalue weighted by molar-refractivity contribution is -0.176. The molecule has 0 fully saturated rings. The number of nitrogens with two attached hydrogens (primary N) is 1. The summed E-state index contributed by atoms with van der Waals surface area (Å²) in [6, 6.07) is 0. The van der Waals surface area contributed by atoms with Crippen molar-refractivity contribution in [3.8, 4) is 0 Å². The van der Waals surface area contributed by atoms with E-state index in [1.165, 1.54) is 0 Å². The molecule has 0 rings (SSSR count). The Kier molecular flexibility index (Phi) is 7.74. The summed E-state index contributed by atoms with van der Waals surface area (Å²) in [5.41, 5.74) is 5.18. The lowest BCUT2D eigenvalue weighted by Crippen LogP contribution is -2.41. The van der Waals surface area contributed by atoms with Gasteiger partial charge in [-0.2, -0.15) is 13.2 Å². The van der Waals surface area contributed by atoms with Crippen molar-refractivity contribution < 1.29 is 13.2 Å². The van der Waals surface area contributed by atoms with Gasteiger partial charge in [0.1, 0.15) is 0 Å². The molecule has 104 valence electrons. The number of rotatable bonds is 8. The highest BCUT2D eigenvalue weighted by Crippen LogP contribution is 2.26. The van der Waals surface area contributed by atoms with Crippen molar-refractivity contribution >= 4 is 0 Å². The molecule has 0 aliphatic heterocycles. The second kappa shape index (κ2) is 7.89. The van der Waals surface area contributed by atoms with Crippen molar-refractivity contribution in [2.24, 2.45) is 11.7 Å². The number of halogens is 3. The Morgan fingerprint density at radius 2 is 1.76 bits per heavy atom. The van der Waals surface area contributed by atoms with E-state index >= 15 is 0 Å². The quantitative estimate of drug-likeness (QED) is 0.711. The first-order valence-corrected chi connectivity index (χ1v) is 5.95. The Bertz CT molecular complexity index is 195. The molecular formula is C11H24F3N3. The summed E-state index contributed by atoms with van der Waals surface area (Å²) in [6.45, 7) is 3.73. The molecule has 0 amide bonds. The first kappa shape index (κ1) is 16.7. The van der Waals surface area contributed by atoms with Crippen LogP contribution in [0, 0.1) is 5.92 Å². The fourth-order valence-corrected chi connectivity index (χ4v) is 1.61. The largest absolute Gasteiger partial charge is 0.394 e. The maximum absolute atomic E-state index is 12.6. The fraction of sp³-hybridized carbons (Fsp3) is 1.00. The van der Waals surface area contributed by atoms with Crippen LogP contribution in [0.5, 0.6) is 0 Å². The summed E-state index contributed by atoms with van der Waals surface area (Å²) in [5, 5.41) is 0. The topological polar surface area (TPSA) is 32.5 Å². The van der Waals surface area contributed by atoms with E-state index in [-0.39, 0.29) is 13.1 Å². The lowest BCUT2D eigenvalue weighted by Gasteiger charge is -2.27. The van der Waals surface area contributed by atoms with E-state index < -0.39 is 12.1 Å². The van der Waals surface area contributed by atoms with Gasteiger partial charge >= 0.3 is 6.18 Å². The van der Waals surface area contributed by atoms with Gasteiger partial charge in [-0.05, 0) is 40.2 Å². The van der Waals surface area contributed by atoms with Gasteiger partial charge in [0.2, 0.25) is 0 Å². The predicted molar refractivity (Wildman–Crippen MR) is 63.9 cm³/mol. The van der Waals surface area contributed by atoms with E-state index in [9.17, 15) is 13.2 Å². The van der Waals surface area contributed by atoms with Gasteiger partial charge in [-0.15, -0.1) is 0 Å². The van der Waals surface area contributed by atoms with E-state index in [4.69, 9.17) is 5.73 Å². The predicted octanol–water partition coefficient (Wildman–Crippen LogP) is 1.40. The molecule has 0 aromatic carbocycles. The standard InChI is InChI=1S/C11H24F3N3/c1-4-17(7-5-6-16(2)3)9-10(8-15)11(12,13)14/h10H,4-9,15H2,1-3H3. The van der Waals surface area contributed by atoms with Crippen molar-refractivity contribution in [1.29, 1.82) is 0 Å². The number of nitrogens with zero attached hydrogens (tertiary/aromatic N) is 2. The molecule has 0 aromatic heterocycles. The van der Waals surface area contributed by atoms with Gasteiger partial charge < -0.3 is 15.5 Å². The van der Waals surface area contributed by atoms with Crippen LogP contribution in [0.1, 0.15) is 13.3 Å². The summed E-state index contributed by atoms with van der Waals surface area (Å²) in [5.74, 6) is -1.41. The summed E-state index contributed by atoms with van der Waals surface area (Å²) in [7, 11) is 3.91. The maximum Gasteiger partial charge on any atom is 0.394 e. The number of alkyl halides is 3. The van der Waals surface area contributed by atoms with Crippen LogP contribution in [-0.4, -0.2) is 62.8 Å². The molecule has 0 spiro atoms. The molecule has 0 aliphatic rings. The minimum atomic E-state index is -4.19. The summed E-state index contributed by atoms with van der Waals surface area (Å²) < 4.78 is 37.7. The van der Waals surface area contributed by atoms with Gasteiger partial charge in [-0.25, -0.2) is 0 Å². The molecule has 0 aliphatic carbocycles. The molecule has 0 aromatic rings. The molecule has 1 unspecified atom stereocenters. The number of hydrogen-bond donors (Lipinski definition) is 1. The van der Waals surface area contributed by atoms with Gasteiger partial charge in [0.15, 0.2) is 0 Å². The van der Waals surface area contributed by atoms with E-state index in [2.05, 4.69) is 0 Å². The zero-order valence-electron chi connectivity index (χ0n) is 10.9. The van der Waals surface area contributed by atoms with Crippen LogP contribution in [0.3, 0.4) is 0 Å². The third-order valence-corrected chi connectivity index (χ3v) is 2.75. The molecule has 1 atom stereocenters. The van der Waals surface area contributed by atoms with Gasteiger partial charge in [0.25, 0.3) is 0 Å². The van der Waals surface area contributed by atoms with Crippen molar-refractivity contribution in [2.45, 2.75) is 19.5 Å². The zero-order chi connectivity index (χ0) is 13.5. The van der Waals surface area contributed by atoms with Crippen molar-refractivity contribution in [3.63, 3.8) is 0 Å². The molecule has 0 radical (unpaired) electrons. The minimum absolute atomic E-state index is 0.00390. The fourth-order valence-electron chi connectivity index (χ4n) is 1.61. The Labute approximate surface area is 102 Å². The van der Waals surface area contributed by atoms with Crippen LogP contribution in [0.25, 0.3) is 0 Å². The molecule has 0 heterocycles. The lowest BCUT2D eigenvalue weighted by atomic mass is 10.1. The average Bonchev–Trinajstić information content (AvgIpc) is 2.20. The van der Waals surface area contributed by atoms with Gasteiger partial charge in [-0.1, -0.05) is 6.92 Å². The van der Waals surface area contributed by atoms with Gasteiger partial charge in [0, 0.05) is 13.1 Å². The van der Waals surface area contributed by atoms with Crippen LogP contribution in [0.2, 0.25) is 0 Å². The highest BCUT2D eigenvalue weighted by Gasteiger charge is 2.39. The molecule has 17 heavy (non-hydrogen) atoms. The van der Waals surface area contributed by atoms with E-state index in [1.807, 2.05) is 30.8 Å². The van der Waals surface area contributed by atoms with E-state index in [0.29, 0.717) is 13.1 Å². The molecule has 6 heteroatoms. The zero-order valence-corrected chi connectivity index (χ0v) is 10.9. The normalized spacial score (nSPS) is 14.6. The van der Waals surface area contributed by atoms with Crippen LogP contribution in [-0.2, 0) is 0 Å². The second-order valence-corrected chi connectivity index (χ2v) is 4.52.